The number of carbonyl (C=O) groups excluding carboxylic acids is 1. The van der Waals surface area contributed by atoms with Crippen LogP contribution in [0.3, 0.4) is 0 Å². The van der Waals surface area contributed by atoms with Gasteiger partial charge in [0.1, 0.15) is 11.7 Å². The lowest BCUT2D eigenvalue weighted by Gasteiger charge is -2.37. The van der Waals surface area contributed by atoms with Crippen LogP contribution in [0.4, 0.5) is 0 Å². The van der Waals surface area contributed by atoms with Crippen LogP contribution in [-0.4, -0.2) is 54.8 Å². The van der Waals surface area contributed by atoms with Gasteiger partial charge in [0, 0.05) is 45.6 Å². The van der Waals surface area contributed by atoms with Crippen molar-refractivity contribution in [2.75, 3.05) is 32.7 Å². The maximum absolute atomic E-state index is 11.2. The maximum atomic E-state index is 11.2. The monoisotopic (exact) mass is 318 g/mol. The second kappa shape index (κ2) is 6.99. The Labute approximate surface area is 137 Å². The van der Waals surface area contributed by atoms with E-state index in [0.29, 0.717) is 6.54 Å². The maximum Gasteiger partial charge on any atom is 0.302 e. The van der Waals surface area contributed by atoms with E-state index in [-0.39, 0.29) is 18.0 Å². The van der Waals surface area contributed by atoms with Gasteiger partial charge in [-0.05, 0) is 18.4 Å². The van der Waals surface area contributed by atoms with Crippen molar-refractivity contribution in [2.45, 2.75) is 31.5 Å². The molecule has 2 heterocycles. The molecule has 23 heavy (non-hydrogen) atoms. The van der Waals surface area contributed by atoms with Crippen LogP contribution in [0.1, 0.15) is 25.3 Å². The van der Waals surface area contributed by atoms with Gasteiger partial charge < -0.3 is 20.1 Å². The van der Waals surface area contributed by atoms with Crippen molar-refractivity contribution < 1.29 is 14.6 Å². The average molecular weight is 318 g/mol. The number of ether oxygens (including phenoxy) is 1. The molecular formula is C18H26N2O3. The first-order valence-corrected chi connectivity index (χ1v) is 8.46. The normalized spacial score (nSPS) is 29.6. The van der Waals surface area contributed by atoms with Crippen LogP contribution in [0.15, 0.2) is 30.3 Å². The molecule has 0 saturated carbocycles. The van der Waals surface area contributed by atoms with Crippen molar-refractivity contribution in [3.8, 4) is 0 Å². The van der Waals surface area contributed by atoms with Crippen LogP contribution >= 0.6 is 0 Å². The number of esters is 1. The molecule has 1 aromatic rings. The summed E-state index contributed by atoms with van der Waals surface area (Å²) in [6, 6.07) is 9.95. The Morgan fingerprint density at radius 1 is 1.35 bits per heavy atom. The molecule has 3 rings (SSSR count). The summed E-state index contributed by atoms with van der Waals surface area (Å²) in [6.07, 6.45) is 1.81. The Bertz CT molecular complexity index is 528. The number of benzene rings is 1. The summed E-state index contributed by atoms with van der Waals surface area (Å²) in [5.41, 5.74) is 0.193. The lowest BCUT2D eigenvalue weighted by Crippen LogP contribution is -2.45. The highest BCUT2D eigenvalue weighted by atomic mass is 16.5. The fourth-order valence-corrected chi connectivity index (χ4v) is 3.79. The molecule has 2 saturated heterocycles. The summed E-state index contributed by atoms with van der Waals surface area (Å²) in [4.78, 5) is 13.4. The highest BCUT2D eigenvalue weighted by Crippen LogP contribution is 2.34. The van der Waals surface area contributed by atoms with Crippen molar-refractivity contribution in [3.63, 3.8) is 0 Å². The van der Waals surface area contributed by atoms with Crippen molar-refractivity contribution in [1.29, 1.82) is 0 Å². The van der Waals surface area contributed by atoms with Gasteiger partial charge in [0.05, 0.1) is 0 Å². The molecule has 0 bridgehead atoms. The molecule has 0 aromatic heterocycles. The third-order valence-corrected chi connectivity index (χ3v) is 5.08. The molecule has 2 fully saturated rings. The van der Waals surface area contributed by atoms with E-state index in [1.165, 1.54) is 6.92 Å². The van der Waals surface area contributed by atoms with E-state index in [4.69, 9.17) is 4.74 Å². The number of nitrogens with zero attached hydrogens (tertiary/aromatic N) is 1. The van der Waals surface area contributed by atoms with E-state index < -0.39 is 5.60 Å². The van der Waals surface area contributed by atoms with E-state index in [1.54, 1.807) is 0 Å². The number of carbonyl (C=O) groups is 1. The molecule has 1 aromatic carbocycles. The van der Waals surface area contributed by atoms with Gasteiger partial charge in [-0.15, -0.1) is 0 Å². The van der Waals surface area contributed by atoms with Crippen LogP contribution in [-0.2, 0) is 15.1 Å². The minimum absolute atomic E-state index is 0.0541. The summed E-state index contributed by atoms with van der Waals surface area (Å²) >= 11 is 0. The number of hydrogen-bond acceptors (Lipinski definition) is 5. The number of β-amino-alcohol motifs (C(OH)–C–C–N with tert-alkyl or cyclic N) is 1. The zero-order valence-electron chi connectivity index (χ0n) is 13.7. The van der Waals surface area contributed by atoms with Gasteiger partial charge >= 0.3 is 5.97 Å². The number of likely N-dealkylation sites (tertiary alicyclic amines) is 1. The molecule has 2 N–H and O–H groups in total. The van der Waals surface area contributed by atoms with E-state index in [0.717, 1.165) is 44.6 Å². The average Bonchev–Trinajstić information content (AvgIpc) is 2.92. The summed E-state index contributed by atoms with van der Waals surface area (Å²) < 4.78 is 5.29. The third-order valence-electron chi connectivity index (χ3n) is 5.08. The zero-order chi connectivity index (χ0) is 16.3. The van der Waals surface area contributed by atoms with E-state index in [9.17, 15) is 9.90 Å². The zero-order valence-corrected chi connectivity index (χ0v) is 13.7. The third kappa shape index (κ3) is 3.74. The molecule has 126 valence electrons. The van der Waals surface area contributed by atoms with Crippen molar-refractivity contribution in [2.24, 2.45) is 5.92 Å². The molecule has 2 aliphatic heterocycles. The van der Waals surface area contributed by atoms with Gasteiger partial charge in [-0.1, -0.05) is 30.3 Å². The van der Waals surface area contributed by atoms with Gasteiger partial charge in [0.2, 0.25) is 0 Å². The SMILES string of the molecule is CC(=O)OC1CCN(C[C@H]2CNC[C@]2(O)c2ccccc2)CC1. The van der Waals surface area contributed by atoms with Gasteiger partial charge in [-0.2, -0.15) is 0 Å². The number of aliphatic hydroxyl groups is 1. The predicted octanol–water partition coefficient (Wildman–Crippen LogP) is 1.12. The van der Waals surface area contributed by atoms with Crippen LogP contribution in [0.2, 0.25) is 0 Å². The smallest absolute Gasteiger partial charge is 0.302 e. The fourth-order valence-electron chi connectivity index (χ4n) is 3.79. The number of hydrogen-bond donors (Lipinski definition) is 2. The van der Waals surface area contributed by atoms with Crippen molar-refractivity contribution in [1.82, 2.24) is 10.2 Å². The first-order chi connectivity index (χ1) is 11.1. The minimum atomic E-state index is -0.798. The van der Waals surface area contributed by atoms with Crippen LogP contribution in [0.5, 0.6) is 0 Å². The van der Waals surface area contributed by atoms with E-state index in [1.807, 2.05) is 30.3 Å². The summed E-state index contributed by atoms with van der Waals surface area (Å²) in [7, 11) is 0. The highest BCUT2D eigenvalue weighted by molar-refractivity contribution is 5.66. The van der Waals surface area contributed by atoms with E-state index in [2.05, 4.69) is 10.2 Å². The quantitative estimate of drug-likeness (QED) is 0.815. The van der Waals surface area contributed by atoms with E-state index >= 15 is 0 Å². The Balaban J connectivity index is 1.59. The molecule has 0 amide bonds. The Kier molecular flexibility index (Phi) is 4.99. The van der Waals surface area contributed by atoms with Crippen LogP contribution in [0, 0.1) is 5.92 Å². The molecule has 0 radical (unpaired) electrons. The molecule has 2 atom stereocenters. The summed E-state index contributed by atoms with van der Waals surface area (Å²) in [5, 5.41) is 14.5. The first-order valence-electron chi connectivity index (χ1n) is 8.46. The molecular weight excluding hydrogens is 292 g/mol. The first kappa shape index (κ1) is 16.4. The largest absolute Gasteiger partial charge is 0.462 e. The number of piperidine rings is 1. The van der Waals surface area contributed by atoms with Gasteiger partial charge in [0.15, 0.2) is 0 Å². The number of rotatable bonds is 4. The second-order valence-corrected chi connectivity index (χ2v) is 6.73. The molecule has 0 aliphatic carbocycles. The molecule has 0 spiro atoms. The lowest BCUT2D eigenvalue weighted by molar-refractivity contribution is -0.148. The molecule has 2 aliphatic rings. The van der Waals surface area contributed by atoms with Crippen LogP contribution in [0.25, 0.3) is 0 Å². The number of nitrogens with one attached hydrogen (secondary N) is 1. The Morgan fingerprint density at radius 2 is 2.04 bits per heavy atom. The van der Waals surface area contributed by atoms with Crippen LogP contribution < -0.4 is 5.32 Å². The second-order valence-electron chi connectivity index (χ2n) is 6.73. The highest BCUT2D eigenvalue weighted by Gasteiger charge is 2.43. The molecule has 5 nitrogen and oxygen atoms in total. The molecule has 5 heteroatoms. The summed E-state index contributed by atoms with van der Waals surface area (Å²) in [6.45, 7) is 5.60. The van der Waals surface area contributed by atoms with Crippen molar-refractivity contribution in [3.05, 3.63) is 35.9 Å². The lowest BCUT2D eigenvalue weighted by atomic mass is 9.83. The van der Waals surface area contributed by atoms with Gasteiger partial charge in [0.25, 0.3) is 0 Å². The Hall–Kier alpha value is -1.43. The summed E-state index contributed by atoms with van der Waals surface area (Å²) in [5.74, 6) is -0.0166. The Morgan fingerprint density at radius 3 is 2.70 bits per heavy atom. The predicted molar refractivity (Wildman–Crippen MR) is 87.9 cm³/mol. The fraction of sp³-hybridized carbons (Fsp3) is 0.611. The minimum Gasteiger partial charge on any atom is -0.462 e. The standard InChI is InChI=1S/C18H26N2O3/c1-14(21)23-17-7-9-20(10-8-17)12-16-11-19-13-18(16,22)15-5-3-2-4-6-15/h2-6,16-17,19,22H,7-13H2,1H3/t16-,18+/m1/s1. The van der Waals surface area contributed by atoms with Gasteiger partial charge in [-0.3, -0.25) is 4.79 Å². The topological polar surface area (TPSA) is 61.8 Å². The molecule has 0 unspecified atom stereocenters. The van der Waals surface area contributed by atoms with Gasteiger partial charge in [-0.25, -0.2) is 0 Å². The van der Waals surface area contributed by atoms with Crippen molar-refractivity contribution >= 4 is 5.97 Å².